The molecule has 7 heteroatoms. The highest BCUT2D eigenvalue weighted by Crippen LogP contribution is 2.18. The first kappa shape index (κ1) is 14.8. The van der Waals surface area contributed by atoms with Gasteiger partial charge in [0.05, 0.1) is 7.11 Å². The van der Waals surface area contributed by atoms with Gasteiger partial charge in [0.2, 0.25) is 5.95 Å². The fourth-order valence-electron chi connectivity index (χ4n) is 2.05. The van der Waals surface area contributed by atoms with Crippen molar-refractivity contribution in [2.45, 2.75) is 32.3 Å². The van der Waals surface area contributed by atoms with Crippen LogP contribution in [0.2, 0.25) is 0 Å². The first-order valence-electron chi connectivity index (χ1n) is 7.10. The van der Waals surface area contributed by atoms with E-state index in [1.807, 2.05) is 0 Å². The van der Waals surface area contributed by atoms with Crippen molar-refractivity contribution in [1.82, 2.24) is 19.9 Å². The van der Waals surface area contributed by atoms with Gasteiger partial charge in [-0.25, -0.2) is 0 Å². The van der Waals surface area contributed by atoms with Gasteiger partial charge >= 0.3 is 12.0 Å². The number of hydrogen-bond donors (Lipinski definition) is 1. The van der Waals surface area contributed by atoms with Crippen LogP contribution >= 0.6 is 0 Å². The zero-order valence-corrected chi connectivity index (χ0v) is 12.4. The van der Waals surface area contributed by atoms with Gasteiger partial charge in [0, 0.05) is 19.6 Å². The minimum absolute atomic E-state index is 0.164. The maximum absolute atomic E-state index is 5.86. The molecule has 1 N–H and O–H groups in total. The maximum atomic E-state index is 5.86. The number of hydrogen-bond acceptors (Lipinski definition) is 7. The van der Waals surface area contributed by atoms with E-state index in [1.165, 1.54) is 7.11 Å². The summed E-state index contributed by atoms with van der Waals surface area (Å²) in [5, 5.41) is 3.12. The third-order valence-corrected chi connectivity index (χ3v) is 3.25. The molecule has 1 aromatic rings. The average Bonchev–Trinajstić information content (AvgIpc) is 2.47. The summed E-state index contributed by atoms with van der Waals surface area (Å²) < 4.78 is 10.9. The standard InChI is InChI=1S/C13H23N5O2/c1-4-7-14-11-15-12(19-3)17-13(16-11)20-10-5-8-18(2)9-6-10/h10H,4-9H2,1-3H3,(H,14,15,16,17). The molecule has 1 aliphatic heterocycles. The van der Waals surface area contributed by atoms with E-state index in [2.05, 4.69) is 39.1 Å². The van der Waals surface area contributed by atoms with E-state index in [0.717, 1.165) is 38.9 Å². The molecule has 0 amide bonds. The number of nitrogens with one attached hydrogen (secondary N) is 1. The molecule has 0 spiro atoms. The highest BCUT2D eigenvalue weighted by Gasteiger charge is 2.20. The van der Waals surface area contributed by atoms with E-state index in [9.17, 15) is 0 Å². The Morgan fingerprint density at radius 1 is 1.20 bits per heavy atom. The van der Waals surface area contributed by atoms with Crippen molar-refractivity contribution in [3.8, 4) is 12.0 Å². The summed E-state index contributed by atoms with van der Waals surface area (Å²) in [5.41, 5.74) is 0. The lowest BCUT2D eigenvalue weighted by molar-refractivity contribution is 0.104. The summed E-state index contributed by atoms with van der Waals surface area (Å²) in [5.74, 6) is 0.502. The maximum Gasteiger partial charge on any atom is 0.324 e. The van der Waals surface area contributed by atoms with E-state index < -0.39 is 0 Å². The summed E-state index contributed by atoms with van der Waals surface area (Å²) in [4.78, 5) is 14.9. The highest BCUT2D eigenvalue weighted by molar-refractivity contribution is 5.27. The van der Waals surface area contributed by atoms with Crippen LogP contribution in [-0.2, 0) is 0 Å². The van der Waals surface area contributed by atoms with Gasteiger partial charge in [-0.2, -0.15) is 9.97 Å². The van der Waals surface area contributed by atoms with Crippen LogP contribution in [0, 0.1) is 0 Å². The van der Waals surface area contributed by atoms with Gasteiger partial charge in [-0.3, -0.25) is 0 Å². The van der Waals surface area contributed by atoms with Crippen LogP contribution in [0.25, 0.3) is 0 Å². The molecule has 0 unspecified atom stereocenters. The van der Waals surface area contributed by atoms with Gasteiger partial charge in [0.25, 0.3) is 0 Å². The fourth-order valence-corrected chi connectivity index (χ4v) is 2.05. The molecular formula is C13H23N5O2. The van der Waals surface area contributed by atoms with Crippen LogP contribution in [0.4, 0.5) is 5.95 Å². The number of likely N-dealkylation sites (tertiary alicyclic amines) is 1. The topological polar surface area (TPSA) is 72.4 Å². The fraction of sp³-hybridized carbons (Fsp3) is 0.769. The van der Waals surface area contributed by atoms with Crippen molar-refractivity contribution in [2.75, 3.05) is 39.1 Å². The predicted molar refractivity (Wildman–Crippen MR) is 76.3 cm³/mol. The Hall–Kier alpha value is -1.63. The normalized spacial score (nSPS) is 16.9. The predicted octanol–water partition coefficient (Wildman–Crippen LogP) is 1.18. The average molecular weight is 281 g/mol. The zero-order chi connectivity index (χ0) is 14.4. The molecule has 20 heavy (non-hydrogen) atoms. The lowest BCUT2D eigenvalue weighted by Crippen LogP contribution is -2.36. The van der Waals surface area contributed by atoms with Gasteiger partial charge in [0.15, 0.2) is 0 Å². The molecule has 1 fully saturated rings. The Morgan fingerprint density at radius 2 is 1.90 bits per heavy atom. The minimum atomic E-state index is 0.164. The second-order valence-electron chi connectivity index (χ2n) is 4.98. The molecular weight excluding hydrogens is 258 g/mol. The third-order valence-electron chi connectivity index (χ3n) is 3.25. The molecule has 2 rings (SSSR count). The highest BCUT2D eigenvalue weighted by atomic mass is 16.5. The molecule has 2 heterocycles. The summed E-state index contributed by atoms with van der Waals surface area (Å²) in [6.07, 6.45) is 3.14. The van der Waals surface area contributed by atoms with Crippen LogP contribution in [-0.4, -0.2) is 59.7 Å². The summed E-state index contributed by atoms with van der Waals surface area (Å²) in [6, 6.07) is 0.617. The Labute approximate surface area is 119 Å². The molecule has 1 saturated heterocycles. The number of piperidine rings is 1. The third kappa shape index (κ3) is 4.19. The smallest absolute Gasteiger partial charge is 0.324 e. The van der Waals surface area contributed by atoms with Crippen LogP contribution in [0.15, 0.2) is 0 Å². The molecule has 1 aromatic heterocycles. The molecule has 0 aromatic carbocycles. The summed E-state index contributed by atoms with van der Waals surface area (Å²) >= 11 is 0. The van der Waals surface area contributed by atoms with E-state index in [0.29, 0.717) is 12.0 Å². The minimum Gasteiger partial charge on any atom is -0.467 e. The number of nitrogens with zero attached hydrogens (tertiary/aromatic N) is 4. The van der Waals surface area contributed by atoms with Crippen molar-refractivity contribution in [1.29, 1.82) is 0 Å². The van der Waals surface area contributed by atoms with Crippen LogP contribution in [0.5, 0.6) is 12.0 Å². The quantitative estimate of drug-likeness (QED) is 0.839. The van der Waals surface area contributed by atoms with Crippen LogP contribution in [0.1, 0.15) is 26.2 Å². The molecule has 0 radical (unpaired) electrons. The van der Waals surface area contributed by atoms with Gasteiger partial charge in [0.1, 0.15) is 6.10 Å². The van der Waals surface area contributed by atoms with Gasteiger partial charge in [-0.05, 0) is 26.3 Å². The summed E-state index contributed by atoms with van der Waals surface area (Å²) in [6.45, 7) is 4.96. The first-order valence-corrected chi connectivity index (χ1v) is 7.10. The van der Waals surface area contributed by atoms with Crippen molar-refractivity contribution in [3.63, 3.8) is 0 Å². The monoisotopic (exact) mass is 281 g/mol. The Kier molecular flexibility index (Phi) is 5.34. The molecule has 7 nitrogen and oxygen atoms in total. The van der Waals surface area contributed by atoms with Crippen molar-refractivity contribution < 1.29 is 9.47 Å². The van der Waals surface area contributed by atoms with E-state index in [1.54, 1.807) is 0 Å². The molecule has 0 atom stereocenters. The Bertz CT molecular complexity index is 421. The lowest BCUT2D eigenvalue weighted by atomic mass is 10.1. The van der Waals surface area contributed by atoms with Crippen molar-refractivity contribution >= 4 is 5.95 Å². The van der Waals surface area contributed by atoms with Gasteiger partial charge < -0.3 is 19.7 Å². The first-order chi connectivity index (χ1) is 9.71. The molecule has 0 aliphatic carbocycles. The second-order valence-corrected chi connectivity index (χ2v) is 4.98. The Balaban J connectivity index is 2.02. The van der Waals surface area contributed by atoms with E-state index in [4.69, 9.17) is 9.47 Å². The molecule has 0 saturated carbocycles. The molecule has 0 bridgehead atoms. The molecule has 112 valence electrons. The number of rotatable bonds is 6. The van der Waals surface area contributed by atoms with Crippen LogP contribution in [0.3, 0.4) is 0 Å². The van der Waals surface area contributed by atoms with Crippen molar-refractivity contribution in [2.24, 2.45) is 0 Å². The van der Waals surface area contributed by atoms with E-state index in [-0.39, 0.29) is 12.1 Å². The van der Waals surface area contributed by atoms with Gasteiger partial charge in [-0.15, -0.1) is 4.98 Å². The lowest BCUT2D eigenvalue weighted by Gasteiger charge is -2.28. The zero-order valence-electron chi connectivity index (χ0n) is 12.4. The van der Waals surface area contributed by atoms with Crippen molar-refractivity contribution in [3.05, 3.63) is 0 Å². The number of methoxy groups -OCH3 is 1. The van der Waals surface area contributed by atoms with Crippen LogP contribution < -0.4 is 14.8 Å². The molecule has 1 aliphatic rings. The number of anilines is 1. The second kappa shape index (κ2) is 7.23. The SMILES string of the molecule is CCCNc1nc(OC)nc(OC2CCN(C)CC2)n1. The Morgan fingerprint density at radius 3 is 2.55 bits per heavy atom. The number of aromatic nitrogens is 3. The summed E-state index contributed by atoms with van der Waals surface area (Å²) in [7, 11) is 3.66. The van der Waals surface area contributed by atoms with E-state index >= 15 is 0 Å². The number of ether oxygens (including phenoxy) is 2. The van der Waals surface area contributed by atoms with Gasteiger partial charge in [-0.1, -0.05) is 6.92 Å². The largest absolute Gasteiger partial charge is 0.467 e.